The van der Waals surface area contributed by atoms with Gasteiger partial charge in [-0.25, -0.2) is 0 Å². The zero-order valence-electron chi connectivity index (χ0n) is 11.3. The highest BCUT2D eigenvalue weighted by Gasteiger charge is 2.14. The van der Waals surface area contributed by atoms with Gasteiger partial charge in [0, 0.05) is 17.8 Å². The van der Waals surface area contributed by atoms with Gasteiger partial charge in [-0.05, 0) is 24.1 Å². The van der Waals surface area contributed by atoms with E-state index < -0.39 is 5.91 Å². The number of anilines is 1. The fourth-order valence-corrected chi connectivity index (χ4v) is 1.91. The lowest BCUT2D eigenvalue weighted by Crippen LogP contribution is -2.31. The Kier molecular flexibility index (Phi) is 4.15. The SMILES string of the molecule is Cc1c(N)cccc1C(=N)C(=O)NCc1ccccc1. The molecular weight excluding hydrogens is 250 g/mol. The van der Waals surface area contributed by atoms with Crippen LogP contribution >= 0.6 is 0 Å². The Balaban J connectivity index is 2.06. The first kappa shape index (κ1) is 13.8. The Labute approximate surface area is 118 Å². The van der Waals surface area contributed by atoms with E-state index in [1.165, 1.54) is 0 Å². The molecule has 0 atom stereocenters. The summed E-state index contributed by atoms with van der Waals surface area (Å²) in [6.07, 6.45) is 0. The second kappa shape index (κ2) is 6.02. The number of carbonyl (C=O) groups excluding carboxylic acids is 1. The van der Waals surface area contributed by atoms with Crippen LogP contribution in [0.3, 0.4) is 0 Å². The molecule has 0 saturated heterocycles. The molecule has 0 aromatic heterocycles. The number of nitrogens with one attached hydrogen (secondary N) is 2. The minimum absolute atomic E-state index is 0.0641. The van der Waals surface area contributed by atoms with Gasteiger partial charge in [-0.2, -0.15) is 0 Å². The van der Waals surface area contributed by atoms with Crippen LogP contribution in [-0.4, -0.2) is 11.6 Å². The van der Waals surface area contributed by atoms with Crippen LogP contribution in [0.1, 0.15) is 16.7 Å². The second-order valence-electron chi connectivity index (χ2n) is 4.56. The van der Waals surface area contributed by atoms with Crippen molar-refractivity contribution in [1.29, 1.82) is 5.41 Å². The number of carbonyl (C=O) groups is 1. The molecule has 0 heterocycles. The average molecular weight is 267 g/mol. The molecule has 0 spiro atoms. The van der Waals surface area contributed by atoms with Crippen molar-refractivity contribution in [2.45, 2.75) is 13.5 Å². The number of nitrogen functional groups attached to an aromatic ring is 1. The molecule has 102 valence electrons. The zero-order valence-corrected chi connectivity index (χ0v) is 11.3. The van der Waals surface area contributed by atoms with E-state index >= 15 is 0 Å². The molecule has 0 aliphatic carbocycles. The van der Waals surface area contributed by atoms with Crippen molar-refractivity contribution in [3.05, 3.63) is 65.2 Å². The van der Waals surface area contributed by atoms with Crippen molar-refractivity contribution in [3.63, 3.8) is 0 Å². The van der Waals surface area contributed by atoms with Crippen LogP contribution in [0.2, 0.25) is 0 Å². The molecule has 0 aliphatic rings. The highest BCUT2D eigenvalue weighted by Crippen LogP contribution is 2.16. The zero-order chi connectivity index (χ0) is 14.5. The van der Waals surface area contributed by atoms with Crippen LogP contribution in [0, 0.1) is 12.3 Å². The molecule has 0 bridgehead atoms. The number of amides is 1. The molecule has 4 nitrogen and oxygen atoms in total. The Morgan fingerprint density at radius 2 is 1.85 bits per heavy atom. The molecule has 0 saturated carbocycles. The maximum Gasteiger partial charge on any atom is 0.270 e. The van der Waals surface area contributed by atoms with E-state index in [0.29, 0.717) is 17.8 Å². The summed E-state index contributed by atoms with van der Waals surface area (Å²) in [5.41, 5.74) is 8.64. The van der Waals surface area contributed by atoms with Crippen LogP contribution in [0.5, 0.6) is 0 Å². The summed E-state index contributed by atoms with van der Waals surface area (Å²) in [5, 5.41) is 10.7. The normalized spacial score (nSPS) is 10.1. The fraction of sp³-hybridized carbons (Fsp3) is 0.125. The van der Waals surface area contributed by atoms with Crippen molar-refractivity contribution in [1.82, 2.24) is 5.32 Å². The van der Waals surface area contributed by atoms with E-state index in [2.05, 4.69) is 5.32 Å². The van der Waals surface area contributed by atoms with Crippen LogP contribution < -0.4 is 11.1 Å². The number of nitrogens with two attached hydrogens (primary N) is 1. The largest absolute Gasteiger partial charge is 0.398 e. The molecule has 0 fully saturated rings. The summed E-state index contributed by atoms with van der Waals surface area (Å²) in [4.78, 5) is 12.0. The minimum atomic E-state index is -0.400. The molecule has 0 unspecified atom stereocenters. The molecule has 1 amide bonds. The first-order valence-corrected chi connectivity index (χ1v) is 6.35. The predicted molar refractivity (Wildman–Crippen MR) is 80.7 cm³/mol. The van der Waals surface area contributed by atoms with Crippen molar-refractivity contribution < 1.29 is 4.79 Å². The predicted octanol–water partition coefficient (Wildman–Crippen LogP) is 2.26. The molecule has 2 aromatic rings. The number of hydrogen-bond donors (Lipinski definition) is 3. The van der Waals surface area contributed by atoms with E-state index in [1.807, 2.05) is 37.3 Å². The lowest BCUT2D eigenvalue weighted by molar-refractivity contribution is -0.114. The van der Waals surface area contributed by atoms with Gasteiger partial charge in [-0.3, -0.25) is 10.2 Å². The molecule has 0 radical (unpaired) electrons. The maximum atomic E-state index is 12.0. The third-order valence-electron chi connectivity index (χ3n) is 3.17. The summed E-state index contributed by atoms with van der Waals surface area (Å²) in [7, 11) is 0. The summed E-state index contributed by atoms with van der Waals surface area (Å²) < 4.78 is 0. The van der Waals surface area contributed by atoms with E-state index in [9.17, 15) is 4.79 Å². The van der Waals surface area contributed by atoms with Gasteiger partial charge in [-0.1, -0.05) is 42.5 Å². The lowest BCUT2D eigenvalue weighted by atomic mass is 10.0. The van der Waals surface area contributed by atoms with E-state index in [-0.39, 0.29) is 5.71 Å². The van der Waals surface area contributed by atoms with E-state index in [1.54, 1.807) is 18.2 Å². The summed E-state index contributed by atoms with van der Waals surface area (Å²) in [6, 6.07) is 14.8. The Morgan fingerprint density at radius 1 is 1.15 bits per heavy atom. The van der Waals surface area contributed by atoms with Crippen molar-refractivity contribution in [2.75, 3.05) is 5.73 Å². The highest BCUT2D eigenvalue weighted by atomic mass is 16.1. The molecule has 20 heavy (non-hydrogen) atoms. The van der Waals surface area contributed by atoms with Crippen LogP contribution in [0.4, 0.5) is 5.69 Å². The quantitative estimate of drug-likeness (QED) is 0.587. The Hall–Kier alpha value is -2.62. The van der Waals surface area contributed by atoms with Gasteiger partial charge >= 0.3 is 0 Å². The first-order valence-electron chi connectivity index (χ1n) is 6.35. The summed E-state index contributed by atoms with van der Waals surface area (Å²) in [6.45, 7) is 2.22. The number of hydrogen-bond acceptors (Lipinski definition) is 3. The monoisotopic (exact) mass is 267 g/mol. The Morgan fingerprint density at radius 3 is 2.55 bits per heavy atom. The van der Waals surface area contributed by atoms with E-state index in [0.717, 1.165) is 11.1 Å². The molecule has 4 heteroatoms. The molecule has 2 rings (SSSR count). The van der Waals surface area contributed by atoms with Crippen LogP contribution in [0.25, 0.3) is 0 Å². The van der Waals surface area contributed by atoms with Crippen LogP contribution in [-0.2, 0) is 11.3 Å². The number of rotatable bonds is 4. The van der Waals surface area contributed by atoms with Gasteiger partial charge in [0.1, 0.15) is 5.71 Å². The highest BCUT2D eigenvalue weighted by molar-refractivity contribution is 6.44. The third kappa shape index (κ3) is 3.03. The number of benzene rings is 2. The first-order chi connectivity index (χ1) is 9.59. The standard InChI is InChI=1S/C16H17N3O/c1-11-13(8-5-9-14(11)17)15(18)16(20)19-10-12-6-3-2-4-7-12/h2-9,18H,10,17H2,1H3,(H,19,20). The molecule has 2 aromatic carbocycles. The van der Waals surface area contributed by atoms with Gasteiger partial charge in [0.15, 0.2) is 0 Å². The molecule has 0 aliphatic heterocycles. The van der Waals surface area contributed by atoms with Crippen molar-refractivity contribution in [3.8, 4) is 0 Å². The average Bonchev–Trinajstić information content (AvgIpc) is 2.48. The van der Waals surface area contributed by atoms with E-state index in [4.69, 9.17) is 11.1 Å². The fourth-order valence-electron chi connectivity index (χ4n) is 1.91. The van der Waals surface area contributed by atoms with Gasteiger partial charge in [-0.15, -0.1) is 0 Å². The summed E-state index contributed by atoms with van der Waals surface area (Å²) in [5.74, 6) is -0.400. The van der Waals surface area contributed by atoms with Gasteiger partial charge in [0.25, 0.3) is 5.91 Å². The molecular formula is C16H17N3O. The Bertz CT molecular complexity index is 635. The lowest BCUT2D eigenvalue weighted by Gasteiger charge is -2.10. The topological polar surface area (TPSA) is 79.0 Å². The van der Waals surface area contributed by atoms with Crippen molar-refractivity contribution in [2.24, 2.45) is 0 Å². The van der Waals surface area contributed by atoms with Crippen molar-refractivity contribution >= 4 is 17.3 Å². The summed E-state index contributed by atoms with van der Waals surface area (Å²) >= 11 is 0. The minimum Gasteiger partial charge on any atom is -0.398 e. The molecule has 4 N–H and O–H groups in total. The van der Waals surface area contributed by atoms with Gasteiger partial charge in [0.2, 0.25) is 0 Å². The van der Waals surface area contributed by atoms with Crippen LogP contribution in [0.15, 0.2) is 48.5 Å². The smallest absolute Gasteiger partial charge is 0.270 e. The maximum absolute atomic E-state index is 12.0. The second-order valence-corrected chi connectivity index (χ2v) is 4.56. The van der Waals surface area contributed by atoms with Gasteiger partial charge < -0.3 is 11.1 Å². The van der Waals surface area contributed by atoms with Gasteiger partial charge in [0.05, 0.1) is 0 Å². The third-order valence-corrected chi connectivity index (χ3v) is 3.17.